The molecular weight excluding hydrogens is 580 g/mol. The van der Waals surface area contributed by atoms with E-state index in [1.807, 2.05) is 6.07 Å². The van der Waals surface area contributed by atoms with Crippen molar-refractivity contribution in [1.82, 2.24) is 20.5 Å². The van der Waals surface area contributed by atoms with Gasteiger partial charge in [0.15, 0.2) is 0 Å². The van der Waals surface area contributed by atoms with Crippen molar-refractivity contribution in [2.75, 3.05) is 9.80 Å². The largest absolute Gasteiger partial charge is 0.351 e. The van der Waals surface area contributed by atoms with Crippen molar-refractivity contribution in [3.05, 3.63) is 83.1 Å². The highest BCUT2D eigenvalue weighted by atomic mass is 35.5. The van der Waals surface area contributed by atoms with Crippen LogP contribution in [-0.2, 0) is 14.4 Å². The van der Waals surface area contributed by atoms with E-state index in [9.17, 15) is 28.4 Å². The summed E-state index contributed by atoms with van der Waals surface area (Å²) < 4.78 is 27.4. The van der Waals surface area contributed by atoms with Crippen LogP contribution < -0.4 is 15.1 Å². The molecule has 3 amide bonds. The van der Waals surface area contributed by atoms with Crippen molar-refractivity contribution in [3.63, 3.8) is 0 Å². The fourth-order valence-corrected chi connectivity index (χ4v) is 5.85. The van der Waals surface area contributed by atoms with Gasteiger partial charge in [-0.25, -0.2) is 13.8 Å². The molecule has 1 unspecified atom stereocenters. The van der Waals surface area contributed by atoms with Crippen LogP contribution in [0.5, 0.6) is 0 Å². The summed E-state index contributed by atoms with van der Waals surface area (Å²) in [4.78, 5) is 48.5. The first-order valence-electron chi connectivity index (χ1n) is 13.5. The minimum absolute atomic E-state index is 0.0313. The molecule has 0 bridgehead atoms. The van der Waals surface area contributed by atoms with Crippen LogP contribution in [0.25, 0.3) is 10.9 Å². The summed E-state index contributed by atoms with van der Waals surface area (Å²) in [5.74, 6) is -4.44. The number of carbonyl (C=O) groups is 3. The fourth-order valence-electron chi connectivity index (χ4n) is 5.61. The van der Waals surface area contributed by atoms with Gasteiger partial charge in [0, 0.05) is 53.2 Å². The van der Waals surface area contributed by atoms with Crippen molar-refractivity contribution >= 4 is 51.7 Å². The maximum absolute atomic E-state index is 14.7. The molecule has 10 nitrogen and oxygen atoms in total. The first kappa shape index (κ1) is 28.2. The number of hydrogen-bond donors (Lipinski definition) is 2. The van der Waals surface area contributed by atoms with E-state index < -0.39 is 48.7 Å². The summed E-state index contributed by atoms with van der Waals surface area (Å²) in [5, 5.41) is 19.8. The summed E-state index contributed by atoms with van der Waals surface area (Å²) in [6.07, 6.45) is 2.05. The zero-order valence-electron chi connectivity index (χ0n) is 22.5. The molecular formula is C30H24ClF2N7O3. The standard InChI is InChI=1S/C30H24ClF2N7O3/c31-22-4-2-1-3-21(22)27(28(42)37-19-13-30(32,33)14-19)39(20-5-6-23-18(12-20)16-36-38-23)29(43)24-7-8-26(41)40(24)25-11-17(15-34)9-10-35-25/h1-6,9-12,16,19,24,27H,7-8,13-14H2,(H,36,38)(H,37,42)/t24?,27-/m0/s1. The van der Waals surface area contributed by atoms with Crippen LogP contribution in [0, 0.1) is 11.3 Å². The normalized spacial score (nSPS) is 18.6. The molecule has 2 N–H and O–H groups in total. The second-order valence-corrected chi connectivity index (χ2v) is 11.0. The number of hydrogen-bond acceptors (Lipinski definition) is 6. The van der Waals surface area contributed by atoms with Gasteiger partial charge < -0.3 is 5.32 Å². The molecule has 0 spiro atoms. The number of amides is 3. The molecule has 2 aliphatic rings. The summed E-state index contributed by atoms with van der Waals surface area (Å²) in [6.45, 7) is 0. The van der Waals surface area contributed by atoms with E-state index in [4.69, 9.17) is 11.6 Å². The highest BCUT2D eigenvalue weighted by Gasteiger charge is 2.48. The van der Waals surface area contributed by atoms with Gasteiger partial charge in [-0.05, 0) is 42.8 Å². The monoisotopic (exact) mass is 603 g/mol. The average Bonchev–Trinajstić information content (AvgIpc) is 3.61. The van der Waals surface area contributed by atoms with E-state index in [1.54, 1.807) is 48.7 Å². The molecule has 2 atom stereocenters. The van der Waals surface area contributed by atoms with Crippen molar-refractivity contribution in [2.45, 2.75) is 49.7 Å². The van der Waals surface area contributed by atoms with Gasteiger partial charge in [-0.15, -0.1) is 0 Å². The Morgan fingerprint density at radius 1 is 1.19 bits per heavy atom. The molecule has 4 aromatic rings. The van der Waals surface area contributed by atoms with Crippen molar-refractivity contribution in [3.8, 4) is 6.07 Å². The Morgan fingerprint density at radius 2 is 1.98 bits per heavy atom. The molecule has 1 saturated carbocycles. The zero-order chi connectivity index (χ0) is 30.3. The lowest BCUT2D eigenvalue weighted by Gasteiger charge is -2.39. The molecule has 1 aliphatic heterocycles. The zero-order valence-corrected chi connectivity index (χ0v) is 23.3. The molecule has 1 saturated heterocycles. The van der Waals surface area contributed by atoms with Crippen LogP contribution in [0.2, 0.25) is 5.02 Å². The second-order valence-electron chi connectivity index (χ2n) is 10.6. The molecule has 2 aromatic heterocycles. The van der Waals surface area contributed by atoms with Crippen molar-refractivity contribution < 1.29 is 23.2 Å². The number of nitrogens with one attached hydrogen (secondary N) is 2. The van der Waals surface area contributed by atoms with Gasteiger partial charge in [0.2, 0.25) is 11.8 Å². The Bertz CT molecular complexity index is 1780. The minimum atomic E-state index is -2.88. The van der Waals surface area contributed by atoms with Crippen molar-refractivity contribution in [2.24, 2.45) is 0 Å². The van der Waals surface area contributed by atoms with E-state index in [0.717, 1.165) is 0 Å². The van der Waals surface area contributed by atoms with E-state index >= 15 is 0 Å². The van der Waals surface area contributed by atoms with Crippen LogP contribution in [0.4, 0.5) is 20.3 Å². The molecule has 2 fully saturated rings. The Hall–Kier alpha value is -4.89. The van der Waals surface area contributed by atoms with Gasteiger partial charge in [-0.1, -0.05) is 29.8 Å². The number of nitriles is 1. The number of alkyl halides is 2. The van der Waals surface area contributed by atoms with Gasteiger partial charge in [0.25, 0.3) is 11.8 Å². The number of aromatic amines is 1. The van der Waals surface area contributed by atoms with E-state index in [-0.39, 0.29) is 40.7 Å². The van der Waals surface area contributed by atoms with Crippen molar-refractivity contribution in [1.29, 1.82) is 5.26 Å². The highest BCUT2D eigenvalue weighted by Crippen LogP contribution is 2.40. The number of nitrogens with zero attached hydrogens (tertiary/aromatic N) is 5. The van der Waals surface area contributed by atoms with Crippen LogP contribution in [0.15, 0.2) is 67.0 Å². The first-order chi connectivity index (χ1) is 20.6. The van der Waals surface area contributed by atoms with Gasteiger partial charge in [0.1, 0.15) is 17.9 Å². The maximum atomic E-state index is 14.7. The van der Waals surface area contributed by atoms with Gasteiger partial charge in [-0.3, -0.25) is 29.3 Å². The number of halogens is 3. The van der Waals surface area contributed by atoms with Crippen LogP contribution in [0.1, 0.15) is 42.9 Å². The van der Waals surface area contributed by atoms with E-state index in [2.05, 4.69) is 20.5 Å². The predicted molar refractivity (Wildman–Crippen MR) is 153 cm³/mol. The molecule has 6 rings (SSSR count). The number of carbonyl (C=O) groups excluding carboxylic acids is 3. The smallest absolute Gasteiger partial charge is 0.252 e. The number of pyridine rings is 1. The van der Waals surface area contributed by atoms with Crippen LogP contribution >= 0.6 is 11.6 Å². The number of aromatic nitrogens is 3. The number of fused-ring (bicyclic) bond motifs is 1. The van der Waals surface area contributed by atoms with E-state index in [0.29, 0.717) is 16.6 Å². The van der Waals surface area contributed by atoms with Gasteiger partial charge in [0.05, 0.1) is 23.3 Å². The lowest BCUT2D eigenvalue weighted by molar-refractivity contribution is -0.133. The van der Waals surface area contributed by atoms with Gasteiger partial charge >= 0.3 is 0 Å². The molecule has 3 heterocycles. The third kappa shape index (κ3) is 5.39. The molecule has 218 valence electrons. The summed E-state index contributed by atoms with van der Waals surface area (Å²) in [5.41, 5.74) is 1.51. The third-order valence-electron chi connectivity index (χ3n) is 7.70. The molecule has 0 radical (unpaired) electrons. The maximum Gasteiger partial charge on any atom is 0.252 e. The molecule has 2 aromatic carbocycles. The SMILES string of the molecule is N#Cc1ccnc(N2C(=O)CCC2C(=O)N(c2ccc3[nH]ncc3c2)[C@H](C(=O)NC2CC(F)(F)C2)c2ccccc2Cl)c1. The first-order valence-corrected chi connectivity index (χ1v) is 13.9. The topological polar surface area (TPSA) is 135 Å². The minimum Gasteiger partial charge on any atom is -0.351 e. The lowest BCUT2D eigenvalue weighted by atomic mass is 9.87. The summed E-state index contributed by atoms with van der Waals surface area (Å²) >= 11 is 6.59. The number of rotatable bonds is 7. The number of H-pyrrole nitrogens is 1. The quantitative estimate of drug-likeness (QED) is 0.315. The Morgan fingerprint density at radius 3 is 2.72 bits per heavy atom. The Kier molecular flexibility index (Phi) is 7.27. The summed E-state index contributed by atoms with van der Waals surface area (Å²) in [6, 6.07) is 13.1. The Labute approximate surface area is 249 Å². The third-order valence-corrected chi connectivity index (χ3v) is 8.04. The predicted octanol–water partition coefficient (Wildman–Crippen LogP) is 4.67. The molecule has 1 aliphatic carbocycles. The van der Waals surface area contributed by atoms with Crippen LogP contribution in [0.3, 0.4) is 0 Å². The second kappa shape index (κ2) is 11.1. The van der Waals surface area contributed by atoms with Crippen LogP contribution in [-0.4, -0.2) is 50.9 Å². The molecule has 43 heavy (non-hydrogen) atoms. The Balaban J connectivity index is 1.47. The summed E-state index contributed by atoms with van der Waals surface area (Å²) in [7, 11) is 0. The fraction of sp³-hybridized carbons (Fsp3) is 0.267. The highest BCUT2D eigenvalue weighted by molar-refractivity contribution is 6.31. The average molecular weight is 604 g/mol. The number of anilines is 2. The number of benzene rings is 2. The lowest BCUT2D eigenvalue weighted by Crippen LogP contribution is -2.56. The van der Waals surface area contributed by atoms with Gasteiger partial charge in [-0.2, -0.15) is 10.4 Å². The van der Waals surface area contributed by atoms with E-state index in [1.165, 1.54) is 28.1 Å². The molecule has 13 heteroatoms.